The van der Waals surface area contributed by atoms with E-state index in [9.17, 15) is 9.50 Å². The minimum Gasteiger partial charge on any atom is -0.382 e. The van der Waals surface area contributed by atoms with Gasteiger partial charge in [-0.25, -0.2) is 4.39 Å². The van der Waals surface area contributed by atoms with Crippen molar-refractivity contribution >= 4 is 31.9 Å². The number of rotatable bonds is 3. The Balaban J connectivity index is 2.44. The molecule has 1 heterocycles. The molecule has 0 aliphatic heterocycles. The van der Waals surface area contributed by atoms with Gasteiger partial charge in [-0.1, -0.05) is 6.07 Å². The molecule has 0 aliphatic rings. The molecule has 0 saturated carbocycles. The molecular formula is C12H11Br2FN2O. The van der Waals surface area contributed by atoms with Crippen molar-refractivity contribution in [1.29, 1.82) is 0 Å². The maximum atomic E-state index is 13.2. The molecule has 2 rings (SSSR count). The van der Waals surface area contributed by atoms with E-state index in [1.807, 2.05) is 6.92 Å². The predicted octanol–water partition coefficient (Wildman–Crippen LogP) is 3.65. The van der Waals surface area contributed by atoms with Gasteiger partial charge in [0.15, 0.2) is 0 Å². The first-order valence-electron chi connectivity index (χ1n) is 5.38. The standard InChI is InChI=1S/C12H11Br2FN2O/c1-2-17-11(9(14)6-16-17)12(18)7-3-4-10(15)8(13)5-7/h3-6,12,18H,2H2,1H3. The van der Waals surface area contributed by atoms with Crippen LogP contribution in [0.3, 0.4) is 0 Å². The average Bonchev–Trinajstić information content (AvgIpc) is 2.73. The van der Waals surface area contributed by atoms with Gasteiger partial charge in [-0.15, -0.1) is 0 Å². The number of aryl methyl sites for hydroxylation is 1. The Labute approximate surface area is 121 Å². The first kappa shape index (κ1) is 13.7. The molecule has 0 radical (unpaired) electrons. The van der Waals surface area contributed by atoms with Gasteiger partial charge in [0, 0.05) is 6.54 Å². The highest BCUT2D eigenvalue weighted by atomic mass is 79.9. The Hall–Kier alpha value is -0.720. The molecule has 1 atom stereocenters. The van der Waals surface area contributed by atoms with Crippen LogP contribution in [0.5, 0.6) is 0 Å². The highest BCUT2D eigenvalue weighted by molar-refractivity contribution is 9.10. The molecule has 1 aromatic carbocycles. The smallest absolute Gasteiger partial charge is 0.137 e. The third-order valence-electron chi connectivity index (χ3n) is 2.65. The SMILES string of the molecule is CCn1ncc(Br)c1C(O)c1ccc(F)c(Br)c1. The van der Waals surface area contributed by atoms with Crippen molar-refractivity contribution in [3.8, 4) is 0 Å². The second-order valence-corrected chi connectivity index (χ2v) is 5.48. The molecule has 0 amide bonds. The van der Waals surface area contributed by atoms with E-state index in [1.54, 1.807) is 23.0 Å². The zero-order chi connectivity index (χ0) is 13.3. The van der Waals surface area contributed by atoms with Crippen molar-refractivity contribution < 1.29 is 9.50 Å². The minimum atomic E-state index is -0.848. The van der Waals surface area contributed by atoms with Crippen LogP contribution in [0.2, 0.25) is 0 Å². The van der Waals surface area contributed by atoms with Gasteiger partial charge < -0.3 is 5.11 Å². The fourth-order valence-electron chi connectivity index (χ4n) is 1.74. The van der Waals surface area contributed by atoms with Crippen molar-refractivity contribution in [3.05, 3.63) is 50.4 Å². The number of nitrogens with zero attached hydrogens (tertiary/aromatic N) is 2. The summed E-state index contributed by atoms with van der Waals surface area (Å²) in [4.78, 5) is 0. The molecule has 1 aromatic heterocycles. The van der Waals surface area contributed by atoms with Crippen LogP contribution in [-0.4, -0.2) is 14.9 Å². The maximum Gasteiger partial charge on any atom is 0.137 e. The first-order valence-corrected chi connectivity index (χ1v) is 6.97. The van der Waals surface area contributed by atoms with E-state index >= 15 is 0 Å². The monoisotopic (exact) mass is 376 g/mol. The molecule has 1 unspecified atom stereocenters. The van der Waals surface area contributed by atoms with E-state index in [1.165, 1.54) is 6.07 Å². The van der Waals surface area contributed by atoms with E-state index in [-0.39, 0.29) is 5.82 Å². The first-order chi connectivity index (χ1) is 8.54. The van der Waals surface area contributed by atoms with Gasteiger partial charge in [-0.2, -0.15) is 5.10 Å². The van der Waals surface area contributed by atoms with Gasteiger partial charge in [-0.3, -0.25) is 4.68 Å². The fourth-order valence-corrected chi connectivity index (χ4v) is 2.65. The number of aliphatic hydroxyl groups excluding tert-OH is 1. The van der Waals surface area contributed by atoms with Crippen molar-refractivity contribution in [2.45, 2.75) is 19.6 Å². The summed E-state index contributed by atoms with van der Waals surface area (Å²) in [7, 11) is 0. The number of halogens is 3. The van der Waals surface area contributed by atoms with Crippen LogP contribution in [-0.2, 0) is 6.54 Å². The molecule has 3 nitrogen and oxygen atoms in total. The zero-order valence-corrected chi connectivity index (χ0v) is 12.7. The molecule has 0 saturated heterocycles. The van der Waals surface area contributed by atoms with Crippen molar-refractivity contribution in [2.75, 3.05) is 0 Å². The van der Waals surface area contributed by atoms with E-state index in [4.69, 9.17) is 0 Å². The van der Waals surface area contributed by atoms with Crippen molar-refractivity contribution in [1.82, 2.24) is 9.78 Å². The van der Waals surface area contributed by atoms with Crippen LogP contribution in [0, 0.1) is 5.82 Å². The minimum absolute atomic E-state index is 0.331. The lowest BCUT2D eigenvalue weighted by atomic mass is 10.1. The van der Waals surface area contributed by atoms with Crippen LogP contribution in [0.25, 0.3) is 0 Å². The molecule has 0 aliphatic carbocycles. The highest BCUT2D eigenvalue weighted by Gasteiger charge is 2.19. The molecule has 96 valence electrons. The number of benzene rings is 1. The lowest BCUT2D eigenvalue weighted by molar-refractivity contribution is 0.207. The summed E-state index contributed by atoms with van der Waals surface area (Å²) < 4.78 is 15.9. The van der Waals surface area contributed by atoms with Crippen molar-refractivity contribution in [3.63, 3.8) is 0 Å². The summed E-state index contributed by atoms with van der Waals surface area (Å²) in [6.07, 6.45) is 0.791. The number of hydrogen-bond acceptors (Lipinski definition) is 2. The summed E-state index contributed by atoms with van der Waals surface area (Å²) in [6, 6.07) is 4.45. The summed E-state index contributed by atoms with van der Waals surface area (Å²) in [5, 5.41) is 14.5. The van der Waals surface area contributed by atoms with Crippen LogP contribution < -0.4 is 0 Å². The summed E-state index contributed by atoms with van der Waals surface area (Å²) in [5.74, 6) is -0.353. The summed E-state index contributed by atoms with van der Waals surface area (Å²) in [6.45, 7) is 2.59. The molecule has 0 spiro atoms. The number of aliphatic hydroxyl groups is 1. The average molecular weight is 378 g/mol. The topological polar surface area (TPSA) is 38.0 Å². The third-order valence-corrected chi connectivity index (χ3v) is 3.87. The van der Waals surface area contributed by atoms with Gasteiger partial charge in [-0.05, 0) is 56.5 Å². The Morgan fingerprint density at radius 2 is 2.11 bits per heavy atom. The van der Waals surface area contributed by atoms with Crippen LogP contribution in [0.1, 0.15) is 24.3 Å². The fraction of sp³-hybridized carbons (Fsp3) is 0.250. The maximum absolute atomic E-state index is 13.2. The van der Waals surface area contributed by atoms with Gasteiger partial charge in [0.05, 0.1) is 20.8 Å². The normalized spacial score (nSPS) is 12.7. The quantitative estimate of drug-likeness (QED) is 0.886. The Bertz CT molecular complexity index is 571. The van der Waals surface area contributed by atoms with E-state index in [2.05, 4.69) is 37.0 Å². The highest BCUT2D eigenvalue weighted by Crippen LogP contribution is 2.30. The molecule has 0 bridgehead atoms. The predicted molar refractivity (Wildman–Crippen MR) is 73.8 cm³/mol. The van der Waals surface area contributed by atoms with Gasteiger partial charge in [0.2, 0.25) is 0 Å². The number of aromatic nitrogens is 2. The van der Waals surface area contributed by atoms with Crippen molar-refractivity contribution in [2.24, 2.45) is 0 Å². The lowest BCUT2D eigenvalue weighted by Crippen LogP contribution is -2.09. The molecular weight excluding hydrogens is 367 g/mol. The molecule has 6 heteroatoms. The van der Waals surface area contributed by atoms with E-state index < -0.39 is 6.10 Å². The van der Waals surface area contributed by atoms with E-state index in [0.29, 0.717) is 22.3 Å². The van der Waals surface area contributed by atoms with Gasteiger partial charge >= 0.3 is 0 Å². The second kappa shape index (κ2) is 5.50. The largest absolute Gasteiger partial charge is 0.382 e. The molecule has 1 N–H and O–H groups in total. The zero-order valence-electron chi connectivity index (χ0n) is 9.57. The molecule has 2 aromatic rings. The van der Waals surface area contributed by atoms with Gasteiger partial charge in [0.1, 0.15) is 11.9 Å². The van der Waals surface area contributed by atoms with Crippen LogP contribution in [0.4, 0.5) is 4.39 Å². The Morgan fingerprint density at radius 3 is 2.72 bits per heavy atom. The summed E-state index contributed by atoms with van der Waals surface area (Å²) in [5.41, 5.74) is 1.27. The Morgan fingerprint density at radius 1 is 1.39 bits per heavy atom. The Kier molecular flexibility index (Phi) is 4.19. The van der Waals surface area contributed by atoms with E-state index in [0.717, 1.165) is 4.47 Å². The third kappa shape index (κ3) is 2.50. The van der Waals surface area contributed by atoms with Crippen LogP contribution in [0.15, 0.2) is 33.3 Å². The lowest BCUT2D eigenvalue weighted by Gasteiger charge is -2.14. The molecule has 0 fully saturated rings. The van der Waals surface area contributed by atoms with Crippen LogP contribution >= 0.6 is 31.9 Å². The molecule has 18 heavy (non-hydrogen) atoms. The van der Waals surface area contributed by atoms with Gasteiger partial charge in [0.25, 0.3) is 0 Å². The number of hydrogen-bond donors (Lipinski definition) is 1. The second-order valence-electron chi connectivity index (χ2n) is 3.77. The summed E-state index contributed by atoms with van der Waals surface area (Å²) >= 11 is 6.47.